The number of anilines is 1. The number of nitrogens with two attached hydrogens (primary N) is 1. The number of alkyl halides is 2. The van der Waals surface area contributed by atoms with Crippen molar-refractivity contribution in [3.05, 3.63) is 53.4 Å². The van der Waals surface area contributed by atoms with Gasteiger partial charge in [0.2, 0.25) is 5.88 Å². The standard InChI is InChI=1S/C11H15F2NOS.C10H10N4O2S/c1-8(7-15)5-9-3-2-4-10(6-9)14-16-11(12)13;1-2-16-8-5-12-3-6(14-8)7-4-13-10(17-7)9(11)15/h2-4,6,8,11,14-15H,5,7H2,1H3;3-5H,2H2,1H3,(H2,11,15). The Morgan fingerprint density at radius 3 is 2.76 bits per heavy atom. The van der Waals surface area contributed by atoms with Crippen LogP contribution in [0.15, 0.2) is 42.9 Å². The second-order valence-corrected chi connectivity index (χ2v) is 8.57. The van der Waals surface area contributed by atoms with E-state index in [4.69, 9.17) is 15.6 Å². The van der Waals surface area contributed by atoms with Crippen LogP contribution in [0.5, 0.6) is 5.88 Å². The third kappa shape index (κ3) is 9.28. The molecular formula is C21H25F2N5O3S2. The van der Waals surface area contributed by atoms with Crippen molar-refractivity contribution in [3.8, 4) is 16.5 Å². The molecule has 0 aliphatic heterocycles. The number of aliphatic hydroxyl groups excluding tert-OH is 1. The summed E-state index contributed by atoms with van der Waals surface area (Å²) in [4.78, 5) is 23.8. The number of aromatic nitrogens is 3. The molecule has 2 heterocycles. The lowest BCUT2D eigenvalue weighted by Gasteiger charge is -2.10. The molecule has 2 aromatic heterocycles. The number of hydrogen-bond donors (Lipinski definition) is 3. The Hall–Kier alpha value is -2.83. The highest BCUT2D eigenvalue weighted by atomic mass is 32.2. The van der Waals surface area contributed by atoms with Crippen molar-refractivity contribution in [2.75, 3.05) is 17.9 Å². The summed E-state index contributed by atoms with van der Waals surface area (Å²) in [6.07, 6.45) is 5.40. The number of benzene rings is 1. The maximum Gasteiger partial charge on any atom is 0.302 e. The Bertz CT molecular complexity index is 1020. The number of hydrogen-bond acceptors (Lipinski definition) is 9. The largest absolute Gasteiger partial charge is 0.477 e. The van der Waals surface area contributed by atoms with E-state index in [1.54, 1.807) is 18.5 Å². The van der Waals surface area contributed by atoms with E-state index < -0.39 is 11.7 Å². The van der Waals surface area contributed by atoms with Gasteiger partial charge >= 0.3 is 5.76 Å². The lowest BCUT2D eigenvalue weighted by atomic mass is 10.0. The van der Waals surface area contributed by atoms with Gasteiger partial charge < -0.3 is 20.3 Å². The molecule has 8 nitrogen and oxygen atoms in total. The van der Waals surface area contributed by atoms with Crippen LogP contribution in [0.1, 0.15) is 29.2 Å². The lowest BCUT2D eigenvalue weighted by Crippen LogP contribution is -2.09. The summed E-state index contributed by atoms with van der Waals surface area (Å²) in [6.45, 7) is 4.46. The number of carbonyl (C=O) groups excluding carboxylic acids is 1. The Kier molecular flexibility index (Phi) is 10.9. The number of carbonyl (C=O) groups is 1. The monoisotopic (exact) mass is 497 g/mol. The number of rotatable bonds is 10. The van der Waals surface area contributed by atoms with Crippen molar-refractivity contribution in [2.24, 2.45) is 11.7 Å². The number of nitrogens with zero attached hydrogens (tertiary/aromatic N) is 3. The number of halogens is 2. The second-order valence-electron chi connectivity index (χ2n) is 6.74. The molecule has 0 fully saturated rings. The van der Waals surface area contributed by atoms with Crippen molar-refractivity contribution in [1.82, 2.24) is 15.0 Å². The van der Waals surface area contributed by atoms with E-state index >= 15 is 0 Å². The normalized spacial score (nSPS) is 11.5. The Labute approximate surface area is 198 Å². The van der Waals surface area contributed by atoms with Gasteiger partial charge in [-0.3, -0.25) is 9.78 Å². The van der Waals surface area contributed by atoms with Gasteiger partial charge in [-0.25, -0.2) is 9.97 Å². The van der Waals surface area contributed by atoms with Gasteiger partial charge in [0.25, 0.3) is 5.91 Å². The van der Waals surface area contributed by atoms with Crippen LogP contribution in [0.2, 0.25) is 0 Å². The van der Waals surface area contributed by atoms with Crippen molar-refractivity contribution >= 4 is 34.9 Å². The van der Waals surface area contributed by atoms with Crippen LogP contribution in [-0.4, -0.2) is 44.9 Å². The van der Waals surface area contributed by atoms with Crippen LogP contribution in [0, 0.1) is 5.92 Å². The van der Waals surface area contributed by atoms with E-state index in [1.807, 2.05) is 32.0 Å². The molecule has 3 aromatic rings. The average molecular weight is 498 g/mol. The zero-order valence-electron chi connectivity index (χ0n) is 18.1. The molecule has 33 heavy (non-hydrogen) atoms. The predicted octanol–water partition coefficient (Wildman–Crippen LogP) is 4.24. The molecule has 0 aliphatic carbocycles. The summed E-state index contributed by atoms with van der Waals surface area (Å²) >= 11 is 1.56. The van der Waals surface area contributed by atoms with E-state index in [-0.39, 0.29) is 17.5 Å². The molecule has 3 rings (SSSR count). The molecule has 0 saturated heterocycles. The highest BCUT2D eigenvalue weighted by Crippen LogP contribution is 2.25. The van der Waals surface area contributed by atoms with Crippen LogP contribution < -0.4 is 15.2 Å². The minimum Gasteiger partial charge on any atom is -0.477 e. The first-order valence-corrected chi connectivity index (χ1v) is 11.6. The van der Waals surface area contributed by atoms with Crippen LogP contribution >= 0.6 is 23.3 Å². The molecule has 0 saturated carbocycles. The second kappa shape index (κ2) is 13.7. The molecule has 0 bridgehead atoms. The van der Waals surface area contributed by atoms with Crippen molar-refractivity contribution < 1.29 is 23.4 Å². The fourth-order valence-corrected chi connectivity index (χ4v) is 3.61. The van der Waals surface area contributed by atoms with Gasteiger partial charge in [0.05, 0.1) is 23.9 Å². The smallest absolute Gasteiger partial charge is 0.302 e. The summed E-state index contributed by atoms with van der Waals surface area (Å²) < 4.78 is 31.7. The topological polar surface area (TPSA) is 123 Å². The molecule has 1 unspecified atom stereocenters. The van der Waals surface area contributed by atoms with Crippen molar-refractivity contribution in [1.29, 1.82) is 0 Å². The first-order valence-electron chi connectivity index (χ1n) is 9.92. The van der Waals surface area contributed by atoms with Gasteiger partial charge in [-0.05, 0) is 37.0 Å². The summed E-state index contributed by atoms with van der Waals surface area (Å²) in [5.41, 5.74) is 7.43. The van der Waals surface area contributed by atoms with Crippen LogP contribution in [-0.2, 0) is 6.42 Å². The number of ether oxygens (including phenoxy) is 1. The molecular weight excluding hydrogens is 472 g/mol. The fraction of sp³-hybridized carbons (Fsp3) is 0.333. The number of amides is 1. The van der Waals surface area contributed by atoms with E-state index in [0.717, 1.165) is 16.9 Å². The Balaban J connectivity index is 0.000000234. The zero-order chi connectivity index (χ0) is 24.2. The summed E-state index contributed by atoms with van der Waals surface area (Å²) in [6, 6.07) is 7.29. The van der Waals surface area contributed by atoms with Gasteiger partial charge in [-0.1, -0.05) is 19.1 Å². The van der Waals surface area contributed by atoms with Gasteiger partial charge in [0.15, 0.2) is 5.01 Å². The SMILES string of the molecule is CC(CO)Cc1cccc(NSC(F)F)c1.CCOc1cncc(-c2cnc(C(N)=O)s2)n1. The van der Waals surface area contributed by atoms with Gasteiger partial charge in [-0.2, -0.15) is 8.78 Å². The van der Waals surface area contributed by atoms with E-state index in [9.17, 15) is 13.6 Å². The van der Waals surface area contributed by atoms with Gasteiger partial charge in [0, 0.05) is 30.4 Å². The fourth-order valence-electron chi connectivity index (χ4n) is 2.53. The molecule has 1 amide bonds. The van der Waals surface area contributed by atoms with Crippen LogP contribution in [0.4, 0.5) is 14.5 Å². The van der Waals surface area contributed by atoms with E-state index in [2.05, 4.69) is 19.7 Å². The molecule has 1 atom stereocenters. The Morgan fingerprint density at radius 1 is 1.33 bits per heavy atom. The minimum atomic E-state index is -2.43. The molecule has 12 heteroatoms. The highest BCUT2D eigenvalue weighted by molar-refractivity contribution is 8.00. The lowest BCUT2D eigenvalue weighted by molar-refractivity contribution is 0.1000. The van der Waals surface area contributed by atoms with Crippen molar-refractivity contribution in [3.63, 3.8) is 0 Å². The summed E-state index contributed by atoms with van der Waals surface area (Å²) in [5.74, 6) is -2.35. The number of primary amides is 1. The molecule has 0 spiro atoms. The molecule has 0 radical (unpaired) electrons. The number of nitrogens with one attached hydrogen (secondary N) is 1. The third-order valence-electron chi connectivity index (χ3n) is 3.96. The zero-order valence-corrected chi connectivity index (χ0v) is 19.7. The summed E-state index contributed by atoms with van der Waals surface area (Å²) in [5, 5.41) is 9.18. The van der Waals surface area contributed by atoms with Crippen molar-refractivity contribution in [2.45, 2.75) is 26.0 Å². The average Bonchev–Trinajstić information content (AvgIpc) is 3.30. The molecule has 178 valence electrons. The predicted molar refractivity (Wildman–Crippen MR) is 126 cm³/mol. The van der Waals surface area contributed by atoms with Crippen LogP contribution in [0.25, 0.3) is 10.6 Å². The maximum absolute atomic E-state index is 12.0. The van der Waals surface area contributed by atoms with E-state index in [1.165, 1.54) is 17.5 Å². The Morgan fingerprint density at radius 2 is 2.12 bits per heavy atom. The highest BCUT2D eigenvalue weighted by Gasteiger charge is 2.10. The first kappa shape index (κ1) is 26.4. The van der Waals surface area contributed by atoms with E-state index in [0.29, 0.717) is 35.8 Å². The summed E-state index contributed by atoms with van der Waals surface area (Å²) in [7, 11) is 0. The van der Waals surface area contributed by atoms with Gasteiger partial charge in [-0.15, -0.1) is 11.3 Å². The maximum atomic E-state index is 12.0. The third-order valence-corrected chi connectivity index (χ3v) is 5.53. The molecule has 0 aliphatic rings. The first-order chi connectivity index (χ1) is 15.8. The van der Waals surface area contributed by atoms with Gasteiger partial charge in [0.1, 0.15) is 5.69 Å². The van der Waals surface area contributed by atoms with Crippen LogP contribution in [0.3, 0.4) is 0 Å². The molecule has 1 aromatic carbocycles. The molecule has 4 N–H and O–H groups in total. The number of aliphatic hydroxyl groups is 1. The number of thiazole rings is 1. The quantitative estimate of drug-likeness (QED) is 0.356. The minimum absolute atomic E-state index is 0.128.